The third-order valence-electron chi connectivity index (χ3n) is 2.10. The van der Waals surface area contributed by atoms with Crippen LogP contribution in [0, 0.1) is 0 Å². The second-order valence-corrected chi connectivity index (χ2v) is 3.65. The van der Waals surface area contributed by atoms with Crippen LogP contribution in [-0.4, -0.2) is 19.2 Å². The maximum atomic E-state index is 10.7. The number of rotatable bonds is 1. The maximum absolute atomic E-state index is 10.7. The van der Waals surface area contributed by atoms with Gasteiger partial charge in [-0.2, -0.15) is 4.99 Å². The minimum Gasteiger partial charge on any atom is -0.290 e. The molecule has 1 aromatic rings. The Morgan fingerprint density at radius 2 is 2.15 bits per heavy atom. The number of benzene rings is 1. The summed E-state index contributed by atoms with van der Waals surface area (Å²) in [4.78, 5) is 14.8. The molecule has 0 saturated carbocycles. The number of hydrogen-bond donors (Lipinski definition) is 0. The molecule has 1 atom stereocenters. The number of nitrogens with zero attached hydrogens (tertiary/aromatic N) is 2. The number of quaternary nitrogens is 1. The van der Waals surface area contributed by atoms with E-state index in [2.05, 4.69) is 4.99 Å². The molecule has 0 radical (unpaired) electrons. The number of carbonyl (C=O) groups excluding carboxylic acids is 1. The van der Waals surface area contributed by atoms with Crippen molar-refractivity contribution in [1.29, 1.82) is 0 Å². The molecule has 0 amide bonds. The average Bonchev–Trinajstić information content (AvgIpc) is 2.39. The van der Waals surface area contributed by atoms with E-state index in [1.54, 1.807) is 7.05 Å². The number of amidine groups is 1. The zero-order chi connectivity index (χ0) is 9.47. The van der Waals surface area contributed by atoms with Crippen LogP contribution in [0.4, 0.5) is 11.4 Å². The quantitative estimate of drug-likeness (QED) is 0.498. The predicted octanol–water partition coefficient (Wildman–Crippen LogP) is 2.02. The standard InChI is InChI=1S/C9H8ClN2O/c1-12(10)8-5-3-2-4-7(8)11-9(12)6-13/h2-6H,1H3/q+1. The van der Waals surface area contributed by atoms with Crippen LogP contribution in [-0.2, 0) is 4.79 Å². The smallest absolute Gasteiger partial charge is 0.290 e. The van der Waals surface area contributed by atoms with E-state index < -0.39 is 0 Å². The van der Waals surface area contributed by atoms with Crippen molar-refractivity contribution in [2.24, 2.45) is 4.99 Å². The molecule has 0 N–H and O–H groups in total. The van der Waals surface area contributed by atoms with Gasteiger partial charge in [-0.15, -0.1) is 4.00 Å². The molecule has 0 saturated heterocycles. The van der Waals surface area contributed by atoms with Crippen molar-refractivity contribution in [2.45, 2.75) is 0 Å². The van der Waals surface area contributed by atoms with Crippen LogP contribution in [0.3, 0.4) is 0 Å². The van der Waals surface area contributed by atoms with E-state index in [0.29, 0.717) is 12.1 Å². The third-order valence-corrected chi connectivity index (χ3v) is 2.46. The van der Waals surface area contributed by atoms with E-state index in [1.807, 2.05) is 24.3 Å². The van der Waals surface area contributed by atoms with Gasteiger partial charge in [-0.25, -0.2) is 0 Å². The number of carbonyl (C=O) groups is 1. The minimum atomic E-state index is -0.0837. The van der Waals surface area contributed by atoms with Crippen LogP contribution in [0.15, 0.2) is 29.3 Å². The van der Waals surface area contributed by atoms with Crippen molar-refractivity contribution >= 4 is 35.3 Å². The van der Waals surface area contributed by atoms with Gasteiger partial charge in [0.15, 0.2) is 17.5 Å². The SMILES string of the molecule is C[N+]1(Cl)C(C=O)=Nc2ccccc21. The topological polar surface area (TPSA) is 29.4 Å². The van der Waals surface area contributed by atoms with Gasteiger partial charge in [-0.1, -0.05) is 12.1 Å². The number of halogens is 1. The molecule has 0 aromatic heterocycles. The van der Waals surface area contributed by atoms with Gasteiger partial charge in [0, 0.05) is 6.07 Å². The fourth-order valence-corrected chi connectivity index (χ4v) is 1.60. The Morgan fingerprint density at radius 3 is 2.77 bits per heavy atom. The fraction of sp³-hybridized carbons (Fsp3) is 0.111. The van der Waals surface area contributed by atoms with Crippen LogP contribution < -0.4 is 4.00 Å². The summed E-state index contributed by atoms with van der Waals surface area (Å²) in [6, 6.07) is 7.45. The van der Waals surface area contributed by atoms with Crippen LogP contribution in [0.25, 0.3) is 0 Å². The van der Waals surface area contributed by atoms with Gasteiger partial charge in [0.2, 0.25) is 6.29 Å². The molecule has 0 aliphatic carbocycles. The van der Waals surface area contributed by atoms with Gasteiger partial charge in [0.1, 0.15) is 5.69 Å². The number of likely N-dealkylation sites (N-methyl/N-ethyl adjacent to an activating group) is 1. The van der Waals surface area contributed by atoms with Gasteiger partial charge >= 0.3 is 0 Å². The molecule has 1 heterocycles. The Balaban J connectivity index is 2.64. The lowest BCUT2D eigenvalue weighted by Gasteiger charge is -2.15. The van der Waals surface area contributed by atoms with Crippen molar-refractivity contribution in [2.75, 3.05) is 7.05 Å². The number of para-hydroxylation sites is 2. The molecular formula is C9H8ClN2O+. The van der Waals surface area contributed by atoms with E-state index >= 15 is 0 Å². The number of fused-ring (bicyclic) bond motifs is 1. The van der Waals surface area contributed by atoms with Crippen molar-refractivity contribution in [3.8, 4) is 0 Å². The highest BCUT2D eigenvalue weighted by atomic mass is 35.5. The summed E-state index contributed by atoms with van der Waals surface area (Å²) in [5.41, 5.74) is 1.60. The first-order valence-corrected chi connectivity index (χ1v) is 4.20. The highest BCUT2D eigenvalue weighted by Gasteiger charge is 2.39. The van der Waals surface area contributed by atoms with Gasteiger partial charge in [0.05, 0.1) is 7.05 Å². The van der Waals surface area contributed by atoms with Crippen LogP contribution in [0.5, 0.6) is 0 Å². The molecule has 0 bridgehead atoms. The van der Waals surface area contributed by atoms with Gasteiger partial charge < -0.3 is 0 Å². The average molecular weight is 196 g/mol. The molecular weight excluding hydrogens is 188 g/mol. The van der Waals surface area contributed by atoms with Crippen molar-refractivity contribution in [3.63, 3.8) is 0 Å². The summed E-state index contributed by atoms with van der Waals surface area (Å²) < 4.78 is -0.0837. The Bertz CT molecular complexity index is 398. The fourth-order valence-electron chi connectivity index (χ4n) is 1.38. The van der Waals surface area contributed by atoms with E-state index in [4.69, 9.17) is 11.8 Å². The molecule has 66 valence electrons. The summed E-state index contributed by atoms with van der Waals surface area (Å²) >= 11 is 6.14. The Morgan fingerprint density at radius 1 is 1.46 bits per heavy atom. The summed E-state index contributed by atoms with van der Waals surface area (Å²) in [6.07, 6.45) is 0.687. The highest BCUT2D eigenvalue weighted by molar-refractivity contribution is 6.46. The molecule has 0 spiro atoms. The second-order valence-electron chi connectivity index (χ2n) is 2.97. The van der Waals surface area contributed by atoms with Crippen molar-refractivity contribution < 1.29 is 4.79 Å². The second kappa shape index (κ2) is 2.65. The molecule has 1 aliphatic rings. The van der Waals surface area contributed by atoms with Gasteiger partial charge in [0.25, 0.3) is 5.84 Å². The number of hydrogen-bond acceptors (Lipinski definition) is 2. The Kier molecular flexibility index (Phi) is 1.71. The van der Waals surface area contributed by atoms with E-state index in [0.717, 1.165) is 11.4 Å². The summed E-state index contributed by atoms with van der Waals surface area (Å²) in [5, 5.41) is 0. The molecule has 1 aromatic carbocycles. The summed E-state index contributed by atoms with van der Waals surface area (Å²) in [7, 11) is 1.72. The molecule has 13 heavy (non-hydrogen) atoms. The Hall–Kier alpha value is -1.19. The third kappa shape index (κ3) is 1.08. The van der Waals surface area contributed by atoms with Gasteiger partial charge in [-0.05, 0) is 6.07 Å². The largest absolute Gasteiger partial charge is 0.292 e. The first-order chi connectivity index (χ1) is 6.16. The molecule has 4 heteroatoms. The van der Waals surface area contributed by atoms with Crippen molar-refractivity contribution in [1.82, 2.24) is 4.00 Å². The molecule has 1 unspecified atom stereocenters. The molecule has 3 nitrogen and oxygen atoms in total. The molecule has 2 rings (SSSR count). The summed E-state index contributed by atoms with van der Waals surface area (Å²) in [6.45, 7) is 0. The van der Waals surface area contributed by atoms with Gasteiger partial charge in [-0.3, -0.25) is 4.79 Å². The van der Waals surface area contributed by atoms with Crippen LogP contribution in [0.1, 0.15) is 0 Å². The lowest BCUT2D eigenvalue weighted by molar-refractivity contribution is -0.103. The van der Waals surface area contributed by atoms with E-state index in [-0.39, 0.29) is 4.00 Å². The van der Waals surface area contributed by atoms with Crippen LogP contribution >= 0.6 is 11.8 Å². The monoisotopic (exact) mass is 195 g/mol. The number of aldehydes is 1. The van der Waals surface area contributed by atoms with Crippen molar-refractivity contribution in [3.05, 3.63) is 24.3 Å². The normalized spacial score (nSPS) is 25.2. The first kappa shape index (κ1) is 8.41. The zero-order valence-electron chi connectivity index (χ0n) is 7.07. The maximum Gasteiger partial charge on any atom is 0.292 e. The molecule has 0 fully saturated rings. The Labute approximate surface area is 81.0 Å². The first-order valence-electron chi connectivity index (χ1n) is 3.86. The summed E-state index contributed by atoms with van der Waals surface area (Å²) in [5.74, 6) is 0.322. The highest BCUT2D eigenvalue weighted by Crippen LogP contribution is 2.40. The predicted molar refractivity (Wildman–Crippen MR) is 53.2 cm³/mol. The minimum absolute atomic E-state index is 0.0837. The zero-order valence-corrected chi connectivity index (χ0v) is 7.82. The lowest BCUT2D eigenvalue weighted by atomic mass is 10.3. The number of aliphatic imine (C=N–C) groups is 1. The lowest BCUT2D eigenvalue weighted by Crippen LogP contribution is -2.39. The van der Waals surface area contributed by atoms with Crippen LogP contribution in [0.2, 0.25) is 0 Å². The van der Waals surface area contributed by atoms with E-state index in [9.17, 15) is 4.79 Å². The molecule has 1 aliphatic heterocycles. The van der Waals surface area contributed by atoms with E-state index in [1.165, 1.54) is 0 Å².